The Kier molecular flexibility index (Phi) is 9.85. The lowest BCUT2D eigenvalue weighted by Crippen LogP contribution is -2.38. The minimum atomic E-state index is -0.0848. The van der Waals surface area contributed by atoms with Crippen LogP contribution in [0.3, 0.4) is 0 Å². The van der Waals surface area contributed by atoms with Crippen molar-refractivity contribution in [3.63, 3.8) is 0 Å². The zero-order valence-electron chi connectivity index (χ0n) is 25.0. The second-order valence-electron chi connectivity index (χ2n) is 10.2. The van der Waals surface area contributed by atoms with E-state index >= 15 is 0 Å². The molecule has 0 N–H and O–H groups in total. The highest BCUT2D eigenvalue weighted by atomic mass is 16.1. The third-order valence-electron chi connectivity index (χ3n) is 7.32. The minimum absolute atomic E-state index is 0.0848. The zero-order chi connectivity index (χ0) is 32.3. The molecule has 46 heavy (non-hydrogen) atoms. The summed E-state index contributed by atoms with van der Waals surface area (Å²) in [6, 6.07) is 47.9. The van der Waals surface area contributed by atoms with Crippen molar-refractivity contribution < 1.29 is 14.2 Å². The number of pyridine rings is 2. The van der Waals surface area contributed by atoms with Gasteiger partial charge in [-0.25, -0.2) is 0 Å². The second-order valence-corrected chi connectivity index (χ2v) is 10.2. The van der Waals surface area contributed by atoms with Crippen LogP contribution in [-0.4, -0.2) is 16.0 Å². The van der Waals surface area contributed by atoms with Gasteiger partial charge >= 0.3 is 0 Å². The molecule has 3 heterocycles. The first kappa shape index (κ1) is 30.8. The number of hydrogen-bond acceptors (Lipinski definition) is 4. The van der Waals surface area contributed by atoms with E-state index in [4.69, 9.17) is 5.26 Å². The molecule has 0 unspecified atom stereocenters. The summed E-state index contributed by atoms with van der Waals surface area (Å²) in [6.45, 7) is 3.48. The SMILES string of the molecule is C=CC#N.N#Cc1cc(C(=O)c2ccccc2)n2c1ccc1ccccc12.O=C(C[n+]1cccc2ccccc21)c1ccccc1. The molecule has 7 rings (SSSR count). The number of aromatic nitrogens is 2. The molecule has 0 aliphatic carbocycles. The lowest BCUT2D eigenvalue weighted by Gasteiger charge is -2.07. The van der Waals surface area contributed by atoms with E-state index in [2.05, 4.69) is 24.8 Å². The summed E-state index contributed by atoms with van der Waals surface area (Å²) in [4.78, 5) is 25.1. The van der Waals surface area contributed by atoms with Gasteiger partial charge in [0.25, 0.3) is 0 Å². The molecule has 0 saturated carbocycles. The molecule has 0 saturated heterocycles. The van der Waals surface area contributed by atoms with Gasteiger partial charge in [0.1, 0.15) is 6.07 Å². The van der Waals surface area contributed by atoms with Crippen LogP contribution in [0.5, 0.6) is 0 Å². The lowest BCUT2D eigenvalue weighted by molar-refractivity contribution is -0.657. The van der Waals surface area contributed by atoms with Crippen LogP contribution in [0.2, 0.25) is 0 Å². The Labute approximate surface area is 266 Å². The molecule has 0 amide bonds. The average molecular weight is 598 g/mol. The van der Waals surface area contributed by atoms with Crippen molar-refractivity contribution in [1.82, 2.24) is 4.40 Å². The van der Waals surface area contributed by atoms with Crippen LogP contribution >= 0.6 is 0 Å². The van der Waals surface area contributed by atoms with Gasteiger partial charge < -0.3 is 4.40 Å². The molecule has 6 nitrogen and oxygen atoms in total. The number of benzene rings is 4. The molecule has 6 heteroatoms. The Bertz CT molecular complexity index is 2250. The summed E-state index contributed by atoms with van der Waals surface area (Å²) < 4.78 is 3.87. The van der Waals surface area contributed by atoms with Crippen molar-refractivity contribution in [3.05, 3.63) is 181 Å². The van der Waals surface area contributed by atoms with E-state index in [0.717, 1.165) is 32.9 Å². The molecule has 0 radical (unpaired) electrons. The maximum atomic E-state index is 12.9. The van der Waals surface area contributed by atoms with Crippen LogP contribution in [0, 0.1) is 22.7 Å². The van der Waals surface area contributed by atoms with Crippen molar-refractivity contribution in [2.45, 2.75) is 6.54 Å². The summed E-state index contributed by atoms with van der Waals surface area (Å²) in [5.74, 6) is 0.0420. The molecule has 0 aliphatic heterocycles. The van der Waals surface area contributed by atoms with E-state index in [1.807, 2.05) is 124 Å². The number of hydrogen-bond donors (Lipinski definition) is 0. The fourth-order valence-electron chi connectivity index (χ4n) is 5.17. The van der Waals surface area contributed by atoms with E-state index in [1.54, 1.807) is 24.3 Å². The number of Topliss-reactive ketones (excluding diaryl/α,β-unsaturated/α-hetero) is 1. The van der Waals surface area contributed by atoms with Gasteiger partial charge in [-0.05, 0) is 35.7 Å². The van der Waals surface area contributed by atoms with Crippen LogP contribution in [-0.2, 0) is 6.54 Å². The van der Waals surface area contributed by atoms with Gasteiger partial charge in [-0.15, -0.1) is 0 Å². The third-order valence-corrected chi connectivity index (χ3v) is 7.32. The maximum Gasteiger partial charge on any atom is 0.227 e. The van der Waals surface area contributed by atoms with Gasteiger partial charge in [0.2, 0.25) is 23.6 Å². The number of allylic oxidation sites excluding steroid dienone is 1. The van der Waals surface area contributed by atoms with Crippen molar-refractivity contribution in [2.24, 2.45) is 0 Å². The van der Waals surface area contributed by atoms with Gasteiger partial charge in [-0.2, -0.15) is 15.1 Å². The number of carbonyl (C=O) groups excluding carboxylic acids is 2. The highest BCUT2D eigenvalue weighted by Gasteiger charge is 2.18. The van der Waals surface area contributed by atoms with E-state index < -0.39 is 0 Å². The predicted molar refractivity (Wildman–Crippen MR) is 180 cm³/mol. The number of para-hydroxylation sites is 2. The molecule has 0 spiro atoms. The van der Waals surface area contributed by atoms with Crippen LogP contribution < -0.4 is 4.57 Å². The first-order chi connectivity index (χ1) is 22.5. The summed E-state index contributed by atoms with van der Waals surface area (Å²) in [7, 11) is 0. The maximum absolute atomic E-state index is 12.9. The molecule has 7 aromatic rings. The largest absolute Gasteiger partial charge is 0.305 e. The minimum Gasteiger partial charge on any atom is -0.305 e. The molecule has 4 aromatic carbocycles. The molecular formula is C40H29N4O2+. The Balaban J connectivity index is 0.000000165. The Hall–Kier alpha value is -6.63. The summed E-state index contributed by atoms with van der Waals surface area (Å²) >= 11 is 0. The van der Waals surface area contributed by atoms with E-state index in [0.29, 0.717) is 23.4 Å². The van der Waals surface area contributed by atoms with E-state index in [9.17, 15) is 14.9 Å². The van der Waals surface area contributed by atoms with Crippen LogP contribution in [0.25, 0.3) is 27.3 Å². The second kappa shape index (κ2) is 14.7. The predicted octanol–water partition coefficient (Wildman–Crippen LogP) is 7.90. The van der Waals surface area contributed by atoms with Crippen LogP contribution in [0.4, 0.5) is 0 Å². The summed E-state index contributed by atoms with van der Waals surface area (Å²) in [5, 5.41) is 19.1. The van der Waals surface area contributed by atoms with Crippen molar-refractivity contribution in [3.8, 4) is 12.1 Å². The van der Waals surface area contributed by atoms with Crippen molar-refractivity contribution >= 4 is 38.9 Å². The summed E-state index contributed by atoms with van der Waals surface area (Å²) in [5.41, 5.74) is 5.15. The first-order valence-electron chi connectivity index (χ1n) is 14.5. The number of rotatable bonds is 5. The number of nitrogens with zero attached hydrogens (tertiary/aromatic N) is 4. The van der Waals surface area contributed by atoms with E-state index in [-0.39, 0.29) is 11.6 Å². The zero-order valence-corrected chi connectivity index (χ0v) is 25.0. The number of carbonyl (C=O) groups is 2. The van der Waals surface area contributed by atoms with Gasteiger partial charge in [0, 0.05) is 34.7 Å². The molecule has 0 aliphatic rings. The number of nitriles is 2. The molecular weight excluding hydrogens is 568 g/mol. The highest BCUT2D eigenvalue weighted by Crippen LogP contribution is 2.25. The third kappa shape index (κ3) is 6.78. The molecule has 0 atom stereocenters. The molecule has 0 bridgehead atoms. The van der Waals surface area contributed by atoms with Gasteiger partial charge in [0.15, 0.2) is 6.20 Å². The topological polar surface area (TPSA) is 90.0 Å². The highest BCUT2D eigenvalue weighted by molar-refractivity contribution is 6.10. The van der Waals surface area contributed by atoms with Gasteiger partial charge in [-0.3, -0.25) is 9.59 Å². The van der Waals surface area contributed by atoms with Crippen LogP contribution in [0.1, 0.15) is 32.0 Å². The first-order valence-corrected chi connectivity index (χ1v) is 14.5. The Morgan fingerprint density at radius 1 is 0.696 bits per heavy atom. The quantitative estimate of drug-likeness (QED) is 0.115. The van der Waals surface area contributed by atoms with Crippen molar-refractivity contribution in [1.29, 1.82) is 10.5 Å². The number of ketones is 2. The van der Waals surface area contributed by atoms with Crippen LogP contribution in [0.15, 0.2) is 158 Å². The monoisotopic (exact) mass is 597 g/mol. The van der Waals surface area contributed by atoms with Crippen molar-refractivity contribution in [2.75, 3.05) is 0 Å². The number of fused-ring (bicyclic) bond motifs is 4. The Morgan fingerprint density at radius 3 is 1.96 bits per heavy atom. The fourth-order valence-corrected chi connectivity index (χ4v) is 5.17. The molecule has 3 aromatic heterocycles. The normalized spacial score (nSPS) is 10.0. The molecule has 220 valence electrons. The van der Waals surface area contributed by atoms with Gasteiger partial charge in [-0.1, -0.05) is 104 Å². The van der Waals surface area contributed by atoms with E-state index in [1.165, 1.54) is 6.08 Å². The standard InChI is InChI=1S/C20H12N2O.C17H14NO.C3H3N/c21-13-16-12-19(20(23)15-7-2-1-3-8-15)22-17-9-5-4-6-14(17)10-11-18(16)22;19-17(15-8-2-1-3-9-15)13-18-12-6-10-14-7-4-5-11-16(14)18;1-2-3-4/h1-12H;1-12H,13H2;2H,1H2/q;+1;. The average Bonchev–Trinajstić information content (AvgIpc) is 3.52. The lowest BCUT2D eigenvalue weighted by atomic mass is 10.1. The van der Waals surface area contributed by atoms with Gasteiger partial charge in [0.05, 0.1) is 28.4 Å². The smallest absolute Gasteiger partial charge is 0.227 e. The molecule has 0 fully saturated rings. The Morgan fingerprint density at radius 2 is 1.28 bits per heavy atom. The fraction of sp³-hybridized carbons (Fsp3) is 0.0250. The summed E-state index contributed by atoms with van der Waals surface area (Å²) in [6.07, 6.45) is 3.13.